The molecule has 2 aromatic heterocycles. The molecule has 0 fully saturated rings. The van der Waals surface area contributed by atoms with E-state index in [1.165, 1.54) is 6.33 Å². The summed E-state index contributed by atoms with van der Waals surface area (Å²) in [5.74, 6) is 0.615. The van der Waals surface area contributed by atoms with Crippen LogP contribution in [0.25, 0.3) is 0 Å². The van der Waals surface area contributed by atoms with Crippen LogP contribution in [0.5, 0.6) is 0 Å². The number of azo groups is 1. The van der Waals surface area contributed by atoms with Gasteiger partial charge in [-0.05, 0) is 0 Å². The maximum atomic E-state index is 5.26. The average molecular weight is 179 g/mol. The zero-order valence-electron chi connectivity index (χ0n) is 6.34. The summed E-state index contributed by atoms with van der Waals surface area (Å²) in [4.78, 5) is 7.41. The van der Waals surface area contributed by atoms with Gasteiger partial charge in [-0.1, -0.05) is 0 Å². The summed E-state index contributed by atoms with van der Waals surface area (Å²) in [5.41, 5.74) is 5.26. The number of anilines is 1. The third kappa shape index (κ3) is 1.64. The van der Waals surface area contributed by atoms with E-state index in [0.29, 0.717) is 0 Å². The predicted octanol–water partition coefficient (Wildman–Crippen LogP) is -0.0796. The molecular weight excluding hydrogens is 174 g/mol. The summed E-state index contributed by atoms with van der Waals surface area (Å²) in [6, 6.07) is 0. The molecule has 66 valence electrons. The molecule has 0 radical (unpaired) electrons. The molecule has 0 saturated heterocycles. The molecule has 0 aromatic carbocycles. The maximum absolute atomic E-state index is 5.26. The second kappa shape index (κ2) is 2.97. The number of H-pyrrole nitrogens is 2. The largest absolute Gasteiger partial charge is 0.368 e. The van der Waals surface area contributed by atoms with Crippen LogP contribution in [0, 0.1) is 0 Å². The molecule has 13 heavy (non-hydrogen) atoms. The number of nitrogens with one attached hydrogen (secondary N) is 2. The average Bonchev–Trinajstić information content (AvgIpc) is 2.71. The van der Waals surface area contributed by atoms with Crippen LogP contribution >= 0.6 is 0 Å². The van der Waals surface area contributed by atoms with Crippen molar-refractivity contribution in [3.63, 3.8) is 0 Å². The van der Waals surface area contributed by atoms with Crippen molar-refractivity contribution in [1.82, 2.24) is 30.4 Å². The van der Waals surface area contributed by atoms with E-state index in [1.807, 2.05) is 0 Å². The van der Waals surface area contributed by atoms with Gasteiger partial charge in [0.1, 0.15) is 6.33 Å². The molecule has 2 rings (SSSR count). The van der Waals surface area contributed by atoms with Crippen molar-refractivity contribution in [2.45, 2.75) is 0 Å². The SMILES string of the molecule is Nc1nc(N=Nc2ncn[nH]2)n[nH]1. The molecular formula is C4H5N9. The normalized spacial score (nSPS) is 11.1. The Labute approximate surface area is 71.5 Å². The Morgan fingerprint density at radius 3 is 2.85 bits per heavy atom. The lowest BCUT2D eigenvalue weighted by Gasteiger charge is -1.78. The fourth-order valence-corrected chi connectivity index (χ4v) is 0.649. The number of nitrogens with zero attached hydrogens (tertiary/aromatic N) is 6. The van der Waals surface area contributed by atoms with Crippen LogP contribution in [0.15, 0.2) is 16.6 Å². The quantitative estimate of drug-likeness (QED) is 0.554. The molecule has 0 unspecified atom stereocenters. The predicted molar refractivity (Wildman–Crippen MR) is 41.4 cm³/mol. The van der Waals surface area contributed by atoms with Gasteiger partial charge in [-0.25, -0.2) is 10.2 Å². The zero-order valence-corrected chi connectivity index (χ0v) is 6.34. The monoisotopic (exact) mass is 179 g/mol. The molecule has 9 nitrogen and oxygen atoms in total. The first-order chi connectivity index (χ1) is 6.34. The number of rotatable bonds is 2. The fourth-order valence-electron chi connectivity index (χ4n) is 0.649. The Hall–Kier alpha value is -2.32. The second-order valence-corrected chi connectivity index (χ2v) is 2.03. The van der Waals surface area contributed by atoms with Crippen LogP contribution in [0.3, 0.4) is 0 Å². The number of aromatic amines is 2. The number of nitrogen functional groups attached to an aromatic ring is 1. The van der Waals surface area contributed by atoms with Gasteiger partial charge in [0.2, 0.25) is 5.95 Å². The van der Waals surface area contributed by atoms with Gasteiger partial charge in [0.05, 0.1) is 0 Å². The van der Waals surface area contributed by atoms with Gasteiger partial charge >= 0.3 is 0 Å². The first kappa shape index (κ1) is 7.34. The lowest BCUT2D eigenvalue weighted by Crippen LogP contribution is -1.84. The fraction of sp³-hybridized carbons (Fsp3) is 0. The highest BCUT2D eigenvalue weighted by Gasteiger charge is 1.97. The van der Waals surface area contributed by atoms with Crippen molar-refractivity contribution < 1.29 is 0 Å². The molecule has 2 aromatic rings. The lowest BCUT2D eigenvalue weighted by atomic mass is 11.0. The van der Waals surface area contributed by atoms with Gasteiger partial charge in [0, 0.05) is 0 Å². The highest BCUT2D eigenvalue weighted by molar-refractivity contribution is 5.23. The zero-order chi connectivity index (χ0) is 9.10. The Balaban J connectivity index is 2.14. The minimum Gasteiger partial charge on any atom is -0.368 e. The van der Waals surface area contributed by atoms with Crippen molar-refractivity contribution in [3.8, 4) is 0 Å². The number of hydrogen-bond donors (Lipinski definition) is 3. The van der Waals surface area contributed by atoms with Crippen molar-refractivity contribution in [2.24, 2.45) is 10.2 Å². The van der Waals surface area contributed by atoms with Gasteiger partial charge in [-0.15, -0.1) is 15.3 Å². The van der Waals surface area contributed by atoms with Crippen LogP contribution in [-0.4, -0.2) is 30.4 Å². The highest BCUT2D eigenvalue weighted by Crippen LogP contribution is 2.08. The third-order valence-electron chi connectivity index (χ3n) is 1.13. The minimum absolute atomic E-state index is 0.147. The summed E-state index contributed by atoms with van der Waals surface area (Å²) in [6.07, 6.45) is 1.32. The van der Waals surface area contributed by atoms with E-state index < -0.39 is 0 Å². The Bertz CT molecular complexity index is 397. The van der Waals surface area contributed by atoms with Gasteiger partial charge in [-0.2, -0.15) is 15.1 Å². The van der Waals surface area contributed by atoms with E-state index in [1.54, 1.807) is 0 Å². The van der Waals surface area contributed by atoms with Crippen LogP contribution in [-0.2, 0) is 0 Å². The van der Waals surface area contributed by atoms with Crippen LogP contribution < -0.4 is 5.73 Å². The van der Waals surface area contributed by atoms with E-state index in [-0.39, 0.29) is 17.8 Å². The number of hydrogen-bond acceptors (Lipinski definition) is 7. The van der Waals surface area contributed by atoms with Gasteiger partial charge in [0.25, 0.3) is 11.9 Å². The summed E-state index contributed by atoms with van der Waals surface area (Å²) in [5, 5.41) is 19.4. The first-order valence-electron chi connectivity index (χ1n) is 3.29. The minimum atomic E-state index is 0.147. The molecule has 4 N–H and O–H groups in total. The number of aromatic nitrogens is 6. The van der Waals surface area contributed by atoms with E-state index in [4.69, 9.17) is 5.73 Å². The standard InChI is InChI=1S/C4H5N9/c5-2-8-4(12-9-2)13-11-3-6-1-7-10-3/h1H,(H,6,7,10)(H3,5,8,9,12). The van der Waals surface area contributed by atoms with Crippen molar-refractivity contribution in [1.29, 1.82) is 0 Å². The number of nitrogens with two attached hydrogens (primary N) is 1. The van der Waals surface area contributed by atoms with Crippen LogP contribution in [0.4, 0.5) is 17.8 Å². The molecule has 0 saturated carbocycles. The van der Waals surface area contributed by atoms with Gasteiger partial charge in [-0.3, -0.25) is 0 Å². The topological polar surface area (TPSA) is 134 Å². The molecule has 0 atom stereocenters. The second-order valence-electron chi connectivity index (χ2n) is 2.03. The Kier molecular flexibility index (Phi) is 1.67. The van der Waals surface area contributed by atoms with E-state index in [2.05, 4.69) is 40.6 Å². The molecule has 0 bridgehead atoms. The van der Waals surface area contributed by atoms with E-state index >= 15 is 0 Å². The molecule has 0 amide bonds. The Morgan fingerprint density at radius 1 is 1.31 bits per heavy atom. The third-order valence-corrected chi connectivity index (χ3v) is 1.13. The summed E-state index contributed by atoms with van der Waals surface area (Å²) >= 11 is 0. The smallest absolute Gasteiger partial charge is 0.289 e. The molecule has 2 heterocycles. The highest BCUT2D eigenvalue weighted by atomic mass is 15.4. The first-order valence-corrected chi connectivity index (χ1v) is 3.29. The van der Waals surface area contributed by atoms with Crippen molar-refractivity contribution >= 4 is 17.8 Å². The maximum Gasteiger partial charge on any atom is 0.289 e. The molecule has 9 heteroatoms. The Morgan fingerprint density at radius 2 is 2.23 bits per heavy atom. The molecule has 0 aliphatic carbocycles. The van der Waals surface area contributed by atoms with E-state index in [0.717, 1.165) is 0 Å². The molecule has 0 aliphatic rings. The summed E-state index contributed by atoms with van der Waals surface area (Å²) < 4.78 is 0. The van der Waals surface area contributed by atoms with Crippen LogP contribution in [0.1, 0.15) is 0 Å². The van der Waals surface area contributed by atoms with E-state index in [9.17, 15) is 0 Å². The lowest BCUT2D eigenvalue weighted by molar-refractivity contribution is 1.01. The van der Waals surface area contributed by atoms with Crippen molar-refractivity contribution in [3.05, 3.63) is 6.33 Å². The van der Waals surface area contributed by atoms with Gasteiger partial charge < -0.3 is 5.73 Å². The molecule has 0 spiro atoms. The van der Waals surface area contributed by atoms with Crippen LogP contribution in [0.2, 0.25) is 0 Å². The summed E-state index contributed by atoms with van der Waals surface area (Å²) in [7, 11) is 0. The summed E-state index contributed by atoms with van der Waals surface area (Å²) in [6.45, 7) is 0. The van der Waals surface area contributed by atoms with Crippen molar-refractivity contribution in [2.75, 3.05) is 5.73 Å². The van der Waals surface area contributed by atoms with Gasteiger partial charge in [0.15, 0.2) is 0 Å². The molecule has 0 aliphatic heterocycles.